The van der Waals surface area contributed by atoms with Crippen LogP contribution in [-0.2, 0) is 17.1 Å². The van der Waals surface area contributed by atoms with Crippen LogP contribution in [0.3, 0.4) is 0 Å². The lowest BCUT2D eigenvalue weighted by atomic mass is 10.1. The molecule has 0 bridgehead atoms. The summed E-state index contributed by atoms with van der Waals surface area (Å²) < 4.78 is 26.8. The number of hydrogen-bond acceptors (Lipinski definition) is 4. The van der Waals surface area contributed by atoms with Crippen LogP contribution in [0, 0.1) is 0 Å². The lowest BCUT2D eigenvalue weighted by Gasteiger charge is -2.17. The van der Waals surface area contributed by atoms with Gasteiger partial charge < -0.3 is 9.88 Å². The van der Waals surface area contributed by atoms with E-state index in [-0.39, 0.29) is 17.2 Å². The van der Waals surface area contributed by atoms with E-state index in [4.69, 9.17) is 0 Å². The Morgan fingerprint density at radius 3 is 2.36 bits per heavy atom. The van der Waals surface area contributed by atoms with Crippen molar-refractivity contribution in [1.82, 2.24) is 4.57 Å². The first kappa shape index (κ1) is 18.2. The Morgan fingerprint density at radius 1 is 1.04 bits per heavy atom. The van der Waals surface area contributed by atoms with E-state index in [0.29, 0.717) is 40.7 Å². The number of carbonyl (C=O) groups is 1. The Balaban J connectivity index is 1.62. The molecular weight excluding hydrogens is 378 g/mol. The number of fused-ring (bicyclic) bond motifs is 1. The van der Waals surface area contributed by atoms with Crippen LogP contribution in [0.4, 0.5) is 11.4 Å². The highest BCUT2D eigenvalue weighted by atomic mass is 32.2. The number of benzene rings is 2. The zero-order valence-corrected chi connectivity index (χ0v) is 16.1. The van der Waals surface area contributed by atoms with Crippen LogP contribution in [0.2, 0.25) is 0 Å². The van der Waals surface area contributed by atoms with Crippen molar-refractivity contribution >= 4 is 38.1 Å². The van der Waals surface area contributed by atoms with Gasteiger partial charge in [-0.25, -0.2) is 8.42 Å². The summed E-state index contributed by atoms with van der Waals surface area (Å²) in [4.78, 5) is 25.1. The predicted molar refractivity (Wildman–Crippen MR) is 109 cm³/mol. The topological polar surface area (TPSA) is 88.5 Å². The zero-order valence-electron chi connectivity index (χ0n) is 15.3. The fraction of sp³-hybridized carbons (Fsp3) is 0.200. The molecule has 1 fully saturated rings. The number of anilines is 2. The molecule has 0 spiro atoms. The molecule has 1 N–H and O–H groups in total. The van der Waals surface area contributed by atoms with Crippen LogP contribution in [0.25, 0.3) is 10.8 Å². The lowest BCUT2D eigenvalue weighted by molar-refractivity contribution is 0.102. The smallest absolute Gasteiger partial charge is 0.258 e. The second-order valence-corrected chi connectivity index (χ2v) is 8.76. The van der Waals surface area contributed by atoms with Crippen molar-refractivity contribution in [2.24, 2.45) is 7.05 Å². The zero-order chi connectivity index (χ0) is 19.9. The average Bonchev–Trinajstić information content (AvgIpc) is 3.04. The number of amides is 1. The van der Waals surface area contributed by atoms with Gasteiger partial charge in [0.15, 0.2) is 0 Å². The third-order valence-corrected chi connectivity index (χ3v) is 6.72. The first-order valence-electron chi connectivity index (χ1n) is 8.87. The maximum Gasteiger partial charge on any atom is 0.258 e. The van der Waals surface area contributed by atoms with E-state index in [1.807, 2.05) is 0 Å². The van der Waals surface area contributed by atoms with E-state index in [1.54, 1.807) is 55.6 Å². The quantitative estimate of drug-likeness (QED) is 0.735. The molecule has 7 nitrogen and oxygen atoms in total. The van der Waals surface area contributed by atoms with Gasteiger partial charge in [-0.2, -0.15) is 0 Å². The predicted octanol–water partition coefficient (Wildman–Crippen LogP) is 2.33. The molecule has 0 radical (unpaired) electrons. The highest BCUT2D eigenvalue weighted by molar-refractivity contribution is 7.93. The molecule has 28 heavy (non-hydrogen) atoms. The van der Waals surface area contributed by atoms with E-state index in [0.717, 1.165) is 0 Å². The summed E-state index contributed by atoms with van der Waals surface area (Å²) in [7, 11) is -1.63. The van der Waals surface area contributed by atoms with Crippen molar-refractivity contribution in [3.05, 3.63) is 70.6 Å². The summed E-state index contributed by atoms with van der Waals surface area (Å²) in [6.07, 6.45) is 2.13. The first-order valence-corrected chi connectivity index (χ1v) is 10.5. The molecule has 3 aromatic rings. The molecule has 8 heteroatoms. The highest BCUT2D eigenvalue weighted by Crippen LogP contribution is 2.25. The van der Waals surface area contributed by atoms with Gasteiger partial charge >= 0.3 is 0 Å². The molecule has 2 heterocycles. The molecule has 2 aromatic carbocycles. The molecule has 0 unspecified atom stereocenters. The van der Waals surface area contributed by atoms with Gasteiger partial charge in [0.05, 0.1) is 17.0 Å². The highest BCUT2D eigenvalue weighted by Gasteiger charge is 2.28. The minimum absolute atomic E-state index is 0.158. The molecule has 1 aliphatic rings. The van der Waals surface area contributed by atoms with Crippen molar-refractivity contribution in [2.45, 2.75) is 6.42 Å². The average molecular weight is 397 g/mol. The van der Waals surface area contributed by atoms with Crippen molar-refractivity contribution < 1.29 is 13.2 Å². The van der Waals surface area contributed by atoms with Crippen molar-refractivity contribution in [1.29, 1.82) is 0 Å². The van der Waals surface area contributed by atoms with Crippen LogP contribution in [-0.4, -0.2) is 31.2 Å². The van der Waals surface area contributed by atoms with E-state index in [9.17, 15) is 18.0 Å². The van der Waals surface area contributed by atoms with E-state index in [1.165, 1.54) is 15.1 Å². The Morgan fingerprint density at radius 2 is 1.71 bits per heavy atom. The summed E-state index contributed by atoms with van der Waals surface area (Å²) >= 11 is 0. The third kappa shape index (κ3) is 3.16. The maximum absolute atomic E-state index is 12.8. The number of nitrogens with zero attached hydrogens (tertiary/aromatic N) is 2. The molecule has 1 aliphatic heterocycles. The minimum Gasteiger partial charge on any atom is -0.322 e. The number of hydrogen-bond donors (Lipinski definition) is 1. The van der Waals surface area contributed by atoms with Crippen LogP contribution in [0.5, 0.6) is 0 Å². The second-order valence-electron chi connectivity index (χ2n) is 6.75. The molecule has 1 amide bonds. The Labute approximate surface area is 162 Å². The van der Waals surface area contributed by atoms with Crippen LogP contribution < -0.4 is 15.2 Å². The molecule has 1 aromatic heterocycles. The van der Waals surface area contributed by atoms with Gasteiger partial charge in [-0.05, 0) is 36.8 Å². The van der Waals surface area contributed by atoms with Crippen molar-refractivity contribution in [3.8, 4) is 0 Å². The second kappa shape index (κ2) is 6.79. The number of rotatable bonds is 3. The summed E-state index contributed by atoms with van der Waals surface area (Å²) in [6.45, 7) is 0.470. The number of aromatic nitrogens is 1. The Kier molecular flexibility index (Phi) is 4.43. The van der Waals surface area contributed by atoms with Gasteiger partial charge in [-0.3, -0.25) is 13.9 Å². The van der Waals surface area contributed by atoms with Gasteiger partial charge in [0.1, 0.15) is 0 Å². The summed E-state index contributed by atoms with van der Waals surface area (Å²) in [5.41, 5.74) is 1.36. The van der Waals surface area contributed by atoms with Gasteiger partial charge in [-0.15, -0.1) is 0 Å². The van der Waals surface area contributed by atoms with E-state index >= 15 is 0 Å². The number of nitrogens with one attached hydrogen (secondary N) is 1. The molecule has 4 rings (SSSR count). The summed E-state index contributed by atoms with van der Waals surface area (Å²) in [5, 5.41) is 3.88. The number of carbonyl (C=O) groups excluding carboxylic acids is 1. The van der Waals surface area contributed by atoms with Gasteiger partial charge in [0.2, 0.25) is 10.0 Å². The fourth-order valence-electron chi connectivity index (χ4n) is 3.44. The Bertz CT molecular complexity index is 1230. The Hall–Kier alpha value is -3.13. The molecule has 144 valence electrons. The lowest BCUT2D eigenvalue weighted by Crippen LogP contribution is -2.25. The van der Waals surface area contributed by atoms with Crippen LogP contribution in [0.15, 0.2) is 59.5 Å². The van der Waals surface area contributed by atoms with Crippen molar-refractivity contribution in [3.63, 3.8) is 0 Å². The van der Waals surface area contributed by atoms with Crippen LogP contribution >= 0.6 is 0 Å². The number of aryl methyl sites for hydroxylation is 1. The summed E-state index contributed by atoms with van der Waals surface area (Å²) in [6, 6.07) is 13.7. The van der Waals surface area contributed by atoms with Crippen molar-refractivity contribution in [2.75, 3.05) is 21.9 Å². The summed E-state index contributed by atoms with van der Waals surface area (Å²) in [5.74, 6) is -0.181. The fourth-order valence-corrected chi connectivity index (χ4v) is 5.00. The molecule has 0 aliphatic carbocycles. The monoisotopic (exact) mass is 397 g/mol. The van der Waals surface area contributed by atoms with Crippen LogP contribution in [0.1, 0.15) is 16.8 Å². The normalized spacial score (nSPS) is 15.7. The van der Waals surface area contributed by atoms with E-state index in [2.05, 4.69) is 5.32 Å². The molecular formula is C20H19N3O4S. The first-order chi connectivity index (χ1) is 13.4. The van der Waals surface area contributed by atoms with Gasteiger partial charge in [-0.1, -0.05) is 18.2 Å². The largest absolute Gasteiger partial charge is 0.322 e. The number of pyridine rings is 1. The van der Waals surface area contributed by atoms with Gasteiger partial charge in [0.25, 0.3) is 11.5 Å². The van der Waals surface area contributed by atoms with Gasteiger partial charge in [0, 0.05) is 36.2 Å². The third-order valence-electron chi connectivity index (χ3n) is 4.85. The molecule has 0 saturated carbocycles. The molecule has 0 atom stereocenters. The minimum atomic E-state index is -3.24. The van der Waals surface area contributed by atoms with E-state index < -0.39 is 10.0 Å². The standard InChI is InChI=1S/C20H19N3O4S/c1-22-13-18(16-5-2-3-6-17(16)20(22)25)19(24)21-14-7-9-15(10-8-14)23-11-4-12-28(23,26)27/h2-3,5-10,13H,4,11-12H2,1H3,(H,21,24). The maximum atomic E-state index is 12.8. The molecule has 1 saturated heterocycles. The number of sulfonamides is 1. The SMILES string of the molecule is Cn1cc(C(=O)Nc2ccc(N3CCCS3(=O)=O)cc2)c2ccccc2c1=O.